The van der Waals surface area contributed by atoms with Gasteiger partial charge >= 0.3 is 0 Å². The van der Waals surface area contributed by atoms with Crippen LogP contribution in [-0.2, 0) is 21.3 Å². The van der Waals surface area contributed by atoms with Crippen LogP contribution in [0.1, 0.15) is 57.4 Å². The molecular weight excluding hydrogens is 400 g/mol. The van der Waals surface area contributed by atoms with Crippen LogP contribution in [-0.4, -0.2) is 47.7 Å². The summed E-state index contributed by atoms with van der Waals surface area (Å²) in [4.78, 5) is 4.56. The highest BCUT2D eigenvalue weighted by molar-refractivity contribution is 7.89. The minimum Gasteiger partial charge on any atom is -0.383 e. The van der Waals surface area contributed by atoms with Crippen LogP contribution >= 0.6 is 0 Å². The van der Waals surface area contributed by atoms with Crippen LogP contribution in [0.3, 0.4) is 0 Å². The highest BCUT2D eigenvalue weighted by Crippen LogP contribution is 2.27. The molecule has 30 heavy (non-hydrogen) atoms. The van der Waals surface area contributed by atoms with Crippen molar-refractivity contribution < 1.29 is 13.2 Å². The van der Waals surface area contributed by atoms with Crippen molar-refractivity contribution in [2.24, 2.45) is 10.9 Å². The van der Waals surface area contributed by atoms with Crippen LogP contribution in [0.5, 0.6) is 0 Å². The van der Waals surface area contributed by atoms with Gasteiger partial charge in [0.25, 0.3) is 0 Å². The van der Waals surface area contributed by atoms with Crippen LogP contribution in [0.25, 0.3) is 0 Å². The highest BCUT2D eigenvalue weighted by atomic mass is 32.2. The standard InChI is InChI=1S/C22H38N4O3S/c1-18(12-13-19-8-5-4-6-9-19)26-22(23-2)24-17-20-10-7-11-21(16-20)30(27,28)25-14-15-29-3/h7,10-11,16,18-19,25H,4-6,8-9,12-15,17H2,1-3H3,(H2,23,24,26). The van der Waals surface area contributed by atoms with E-state index in [4.69, 9.17) is 4.74 Å². The summed E-state index contributed by atoms with van der Waals surface area (Å²) >= 11 is 0. The zero-order valence-electron chi connectivity index (χ0n) is 18.6. The van der Waals surface area contributed by atoms with Gasteiger partial charge in [-0.2, -0.15) is 0 Å². The predicted molar refractivity (Wildman–Crippen MR) is 122 cm³/mol. The molecule has 1 unspecified atom stereocenters. The smallest absolute Gasteiger partial charge is 0.240 e. The Balaban J connectivity index is 1.82. The summed E-state index contributed by atoms with van der Waals surface area (Å²) in [6.45, 7) is 3.27. The molecule has 0 bridgehead atoms. The molecule has 3 N–H and O–H groups in total. The van der Waals surface area contributed by atoms with Gasteiger partial charge in [-0.3, -0.25) is 4.99 Å². The van der Waals surface area contributed by atoms with E-state index >= 15 is 0 Å². The Bertz CT molecular complexity index is 761. The van der Waals surface area contributed by atoms with E-state index in [0.29, 0.717) is 19.2 Å². The molecule has 8 heteroatoms. The molecule has 0 amide bonds. The minimum absolute atomic E-state index is 0.247. The van der Waals surface area contributed by atoms with Gasteiger partial charge in [0.15, 0.2) is 5.96 Å². The molecule has 1 aromatic carbocycles. The lowest BCUT2D eigenvalue weighted by Crippen LogP contribution is -2.42. The Hall–Kier alpha value is -1.64. The maximum atomic E-state index is 12.4. The molecule has 0 saturated heterocycles. The number of hydrogen-bond acceptors (Lipinski definition) is 4. The first-order valence-electron chi connectivity index (χ1n) is 11.0. The van der Waals surface area contributed by atoms with E-state index in [1.807, 2.05) is 6.07 Å². The summed E-state index contributed by atoms with van der Waals surface area (Å²) in [6.07, 6.45) is 9.30. The van der Waals surface area contributed by atoms with Crippen LogP contribution in [0.4, 0.5) is 0 Å². The Kier molecular flexibility index (Phi) is 10.6. The van der Waals surface area contributed by atoms with Crippen molar-refractivity contribution in [3.63, 3.8) is 0 Å². The third-order valence-electron chi connectivity index (χ3n) is 5.61. The topological polar surface area (TPSA) is 91.8 Å². The Morgan fingerprint density at radius 2 is 2.03 bits per heavy atom. The van der Waals surface area contributed by atoms with Crippen molar-refractivity contribution in [2.45, 2.75) is 69.4 Å². The average Bonchev–Trinajstić information content (AvgIpc) is 2.76. The monoisotopic (exact) mass is 438 g/mol. The number of methoxy groups -OCH3 is 1. The van der Waals surface area contributed by atoms with Crippen molar-refractivity contribution in [1.82, 2.24) is 15.4 Å². The minimum atomic E-state index is -3.54. The fraction of sp³-hybridized carbons (Fsp3) is 0.682. The summed E-state index contributed by atoms with van der Waals surface area (Å²) in [6, 6.07) is 7.28. The van der Waals surface area contributed by atoms with Crippen LogP contribution in [0.2, 0.25) is 0 Å². The van der Waals surface area contributed by atoms with Gasteiger partial charge in [0, 0.05) is 33.3 Å². The average molecular weight is 439 g/mol. The molecule has 1 aliphatic carbocycles. The van der Waals surface area contributed by atoms with E-state index in [1.54, 1.807) is 32.4 Å². The Morgan fingerprint density at radius 3 is 2.73 bits per heavy atom. The second-order valence-corrected chi connectivity index (χ2v) is 9.86. The van der Waals surface area contributed by atoms with Crippen LogP contribution in [0.15, 0.2) is 34.2 Å². The largest absolute Gasteiger partial charge is 0.383 e. The molecule has 0 aromatic heterocycles. The number of benzene rings is 1. The van der Waals surface area contributed by atoms with E-state index in [1.165, 1.54) is 38.5 Å². The Morgan fingerprint density at radius 1 is 1.27 bits per heavy atom. The first kappa shape index (κ1) is 24.6. The number of sulfonamides is 1. The number of hydrogen-bond donors (Lipinski definition) is 3. The molecule has 7 nitrogen and oxygen atoms in total. The van der Waals surface area contributed by atoms with Crippen molar-refractivity contribution in [3.05, 3.63) is 29.8 Å². The van der Waals surface area contributed by atoms with Crippen molar-refractivity contribution in [2.75, 3.05) is 27.3 Å². The number of guanidine groups is 1. The third-order valence-corrected chi connectivity index (χ3v) is 7.07. The summed E-state index contributed by atoms with van der Waals surface area (Å²) < 4.78 is 32.2. The lowest BCUT2D eigenvalue weighted by atomic mass is 9.85. The molecule has 0 aliphatic heterocycles. The summed E-state index contributed by atoms with van der Waals surface area (Å²) in [5.41, 5.74) is 0.877. The fourth-order valence-electron chi connectivity index (χ4n) is 3.83. The lowest BCUT2D eigenvalue weighted by molar-refractivity contribution is 0.204. The molecule has 0 heterocycles. The maximum Gasteiger partial charge on any atom is 0.240 e. The van der Waals surface area contributed by atoms with E-state index in [0.717, 1.165) is 23.9 Å². The zero-order chi connectivity index (χ0) is 21.8. The van der Waals surface area contributed by atoms with Gasteiger partial charge in [0.05, 0.1) is 11.5 Å². The summed E-state index contributed by atoms with van der Waals surface area (Å²) in [5.74, 6) is 1.61. The zero-order valence-corrected chi connectivity index (χ0v) is 19.4. The molecule has 1 fully saturated rings. The summed E-state index contributed by atoms with van der Waals surface area (Å²) in [5, 5.41) is 6.74. The molecule has 1 aromatic rings. The van der Waals surface area contributed by atoms with E-state index < -0.39 is 10.0 Å². The molecule has 0 spiro atoms. The van der Waals surface area contributed by atoms with Gasteiger partial charge < -0.3 is 15.4 Å². The molecule has 1 atom stereocenters. The normalized spacial score (nSPS) is 17.0. The third kappa shape index (κ3) is 8.62. The van der Waals surface area contributed by atoms with Gasteiger partial charge in [-0.05, 0) is 43.4 Å². The van der Waals surface area contributed by atoms with Crippen LogP contribution < -0.4 is 15.4 Å². The maximum absolute atomic E-state index is 12.4. The quantitative estimate of drug-likeness (QED) is 0.281. The Labute approximate surface area is 182 Å². The SMILES string of the molecule is CN=C(NCc1cccc(S(=O)(=O)NCCOC)c1)NC(C)CCC1CCCCC1. The molecule has 2 rings (SSSR count). The number of nitrogens with one attached hydrogen (secondary N) is 3. The van der Waals surface area contributed by atoms with Gasteiger partial charge in [-0.15, -0.1) is 0 Å². The van der Waals surface area contributed by atoms with Gasteiger partial charge in [0.2, 0.25) is 10.0 Å². The van der Waals surface area contributed by atoms with Crippen molar-refractivity contribution >= 4 is 16.0 Å². The van der Waals surface area contributed by atoms with Crippen molar-refractivity contribution in [3.8, 4) is 0 Å². The lowest BCUT2D eigenvalue weighted by Gasteiger charge is -2.24. The van der Waals surface area contributed by atoms with E-state index in [2.05, 4.69) is 27.3 Å². The van der Waals surface area contributed by atoms with E-state index in [9.17, 15) is 8.42 Å². The van der Waals surface area contributed by atoms with Crippen LogP contribution in [0, 0.1) is 5.92 Å². The number of nitrogens with zero attached hydrogens (tertiary/aromatic N) is 1. The summed E-state index contributed by atoms with van der Waals surface area (Å²) in [7, 11) is -0.246. The molecule has 1 saturated carbocycles. The van der Waals surface area contributed by atoms with Gasteiger partial charge in [-0.25, -0.2) is 13.1 Å². The molecule has 1 aliphatic rings. The number of rotatable bonds is 11. The first-order chi connectivity index (χ1) is 14.4. The van der Waals surface area contributed by atoms with E-state index in [-0.39, 0.29) is 11.4 Å². The van der Waals surface area contributed by atoms with Gasteiger partial charge in [0.1, 0.15) is 0 Å². The fourth-order valence-corrected chi connectivity index (χ4v) is 4.91. The predicted octanol–water partition coefficient (Wildman–Crippen LogP) is 3.03. The molecule has 170 valence electrons. The molecular formula is C22H38N4O3S. The van der Waals surface area contributed by atoms with Crippen molar-refractivity contribution in [1.29, 1.82) is 0 Å². The first-order valence-corrected chi connectivity index (χ1v) is 12.5. The van der Waals surface area contributed by atoms with Gasteiger partial charge in [-0.1, -0.05) is 44.2 Å². The second-order valence-electron chi connectivity index (χ2n) is 8.09. The molecule has 0 radical (unpaired) electrons. The number of aliphatic imine (C=N–C) groups is 1. The number of ether oxygens (including phenoxy) is 1. The highest BCUT2D eigenvalue weighted by Gasteiger charge is 2.16. The second kappa shape index (κ2) is 12.9.